The molecule has 1 aromatic carbocycles. The van der Waals surface area contributed by atoms with Crippen molar-refractivity contribution in [2.45, 2.75) is 0 Å². The standard InChI is InChI=1S/C11H8ClNO4/c1-16-8-3-6(2-7(12)4-8)10-5-9(11(14)15)13-17-10/h2-5H,1H3,(H,14,15). The van der Waals surface area contributed by atoms with Gasteiger partial charge in [-0.3, -0.25) is 0 Å². The first-order valence-electron chi connectivity index (χ1n) is 4.65. The van der Waals surface area contributed by atoms with Gasteiger partial charge < -0.3 is 14.4 Å². The van der Waals surface area contributed by atoms with Crippen LogP contribution in [-0.4, -0.2) is 23.3 Å². The van der Waals surface area contributed by atoms with Gasteiger partial charge in [0.2, 0.25) is 0 Å². The lowest BCUT2D eigenvalue weighted by atomic mass is 10.1. The Labute approximate surface area is 102 Å². The number of halogens is 1. The lowest BCUT2D eigenvalue weighted by molar-refractivity contribution is 0.0686. The fourth-order valence-electron chi connectivity index (χ4n) is 1.33. The zero-order chi connectivity index (χ0) is 12.4. The number of carboxylic acid groups (broad SMARTS) is 1. The van der Waals surface area contributed by atoms with Crippen LogP contribution in [0.5, 0.6) is 5.75 Å². The van der Waals surface area contributed by atoms with E-state index in [1.807, 2.05) is 0 Å². The van der Waals surface area contributed by atoms with Gasteiger partial charge >= 0.3 is 5.97 Å². The molecule has 0 unspecified atom stereocenters. The first-order chi connectivity index (χ1) is 8.10. The Morgan fingerprint density at radius 3 is 2.76 bits per heavy atom. The second-order valence-corrected chi connectivity index (χ2v) is 3.70. The number of carbonyl (C=O) groups is 1. The average molecular weight is 254 g/mol. The summed E-state index contributed by atoms with van der Waals surface area (Å²) >= 11 is 5.89. The first kappa shape index (κ1) is 11.5. The van der Waals surface area contributed by atoms with Gasteiger partial charge in [-0.1, -0.05) is 16.8 Å². The number of aromatic nitrogens is 1. The Morgan fingerprint density at radius 1 is 1.41 bits per heavy atom. The second kappa shape index (κ2) is 4.47. The molecule has 0 bridgehead atoms. The van der Waals surface area contributed by atoms with Crippen LogP contribution in [0.3, 0.4) is 0 Å². The van der Waals surface area contributed by atoms with E-state index in [2.05, 4.69) is 5.16 Å². The van der Waals surface area contributed by atoms with Crippen molar-refractivity contribution in [3.63, 3.8) is 0 Å². The second-order valence-electron chi connectivity index (χ2n) is 3.26. The van der Waals surface area contributed by atoms with Crippen molar-refractivity contribution in [3.8, 4) is 17.1 Å². The minimum atomic E-state index is -1.14. The van der Waals surface area contributed by atoms with Crippen molar-refractivity contribution < 1.29 is 19.2 Å². The number of ether oxygens (including phenoxy) is 1. The summed E-state index contributed by atoms with van der Waals surface area (Å²) in [7, 11) is 1.51. The number of rotatable bonds is 3. The van der Waals surface area contributed by atoms with Gasteiger partial charge in [-0.25, -0.2) is 4.79 Å². The van der Waals surface area contributed by atoms with Crippen molar-refractivity contribution in [3.05, 3.63) is 35.0 Å². The van der Waals surface area contributed by atoms with Crippen LogP contribution in [-0.2, 0) is 0 Å². The third kappa shape index (κ3) is 2.39. The molecule has 5 nitrogen and oxygen atoms in total. The van der Waals surface area contributed by atoms with E-state index in [1.54, 1.807) is 18.2 Å². The Bertz CT molecular complexity index is 564. The van der Waals surface area contributed by atoms with E-state index in [0.29, 0.717) is 22.1 Å². The largest absolute Gasteiger partial charge is 0.497 e. The molecule has 1 heterocycles. The van der Waals surface area contributed by atoms with Gasteiger partial charge in [-0.2, -0.15) is 0 Å². The van der Waals surface area contributed by atoms with Crippen molar-refractivity contribution >= 4 is 17.6 Å². The van der Waals surface area contributed by atoms with Crippen molar-refractivity contribution in [1.29, 1.82) is 0 Å². The lowest BCUT2D eigenvalue weighted by Crippen LogP contribution is -1.94. The summed E-state index contributed by atoms with van der Waals surface area (Å²) in [5.74, 6) is -0.266. The van der Waals surface area contributed by atoms with Gasteiger partial charge in [0.1, 0.15) is 5.75 Å². The quantitative estimate of drug-likeness (QED) is 0.910. The zero-order valence-electron chi connectivity index (χ0n) is 8.81. The highest BCUT2D eigenvalue weighted by Gasteiger charge is 2.13. The molecule has 88 valence electrons. The van der Waals surface area contributed by atoms with Crippen molar-refractivity contribution in [1.82, 2.24) is 5.16 Å². The Morgan fingerprint density at radius 2 is 2.18 bits per heavy atom. The number of carboxylic acids is 1. The summed E-state index contributed by atoms with van der Waals surface area (Å²) in [5.41, 5.74) is 0.452. The van der Waals surface area contributed by atoms with Gasteiger partial charge in [0.05, 0.1) is 7.11 Å². The van der Waals surface area contributed by atoms with E-state index in [-0.39, 0.29) is 5.69 Å². The van der Waals surface area contributed by atoms with Crippen LogP contribution in [0, 0.1) is 0 Å². The van der Waals surface area contributed by atoms with Crippen molar-refractivity contribution in [2.75, 3.05) is 7.11 Å². The van der Waals surface area contributed by atoms with E-state index in [9.17, 15) is 4.79 Å². The number of hydrogen-bond donors (Lipinski definition) is 1. The molecule has 0 atom stereocenters. The number of nitrogens with zero attached hydrogens (tertiary/aromatic N) is 1. The molecule has 2 rings (SSSR count). The fourth-order valence-corrected chi connectivity index (χ4v) is 1.56. The molecule has 0 saturated heterocycles. The summed E-state index contributed by atoms with van der Waals surface area (Å²) in [4.78, 5) is 10.7. The lowest BCUT2D eigenvalue weighted by Gasteiger charge is -2.02. The molecule has 0 aliphatic heterocycles. The van der Waals surface area contributed by atoms with Crippen LogP contribution in [0.25, 0.3) is 11.3 Å². The van der Waals surface area contributed by atoms with Crippen molar-refractivity contribution in [2.24, 2.45) is 0 Å². The molecule has 6 heteroatoms. The van der Waals surface area contributed by atoms with Gasteiger partial charge in [0.15, 0.2) is 11.5 Å². The topological polar surface area (TPSA) is 72.6 Å². The predicted octanol–water partition coefficient (Wildman–Crippen LogP) is 2.70. The number of aromatic carboxylic acids is 1. The predicted molar refractivity (Wildman–Crippen MR) is 60.5 cm³/mol. The van der Waals surface area contributed by atoms with E-state index >= 15 is 0 Å². The van der Waals surface area contributed by atoms with E-state index in [1.165, 1.54) is 13.2 Å². The highest BCUT2D eigenvalue weighted by atomic mass is 35.5. The highest BCUT2D eigenvalue weighted by Crippen LogP contribution is 2.28. The maximum absolute atomic E-state index is 10.7. The molecule has 0 fully saturated rings. The van der Waals surface area contributed by atoms with E-state index in [0.717, 1.165) is 0 Å². The average Bonchev–Trinajstić information content (AvgIpc) is 2.77. The maximum Gasteiger partial charge on any atom is 0.358 e. The molecular weight excluding hydrogens is 246 g/mol. The maximum atomic E-state index is 10.7. The van der Waals surface area contributed by atoms with Crippen LogP contribution >= 0.6 is 11.6 Å². The number of hydrogen-bond acceptors (Lipinski definition) is 4. The number of methoxy groups -OCH3 is 1. The Hall–Kier alpha value is -2.01. The minimum Gasteiger partial charge on any atom is -0.497 e. The van der Waals surface area contributed by atoms with Gasteiger partial charge in [-0.05, 0) is 18.2 Å². The molecule has 0 saturated carbocycles. The van der Waals surface area contributed by atoms with Gasteiger partial charge in [-0.15, -0.1) is 0 Å². The zero-order valence-corrected chi connectivity index (χ0v) is 9.56. The Balaban J connectivity index is 2.44. The summed E-state index contributed by atoms with van der Waals surface area (Å²) in [6.45, 7) is 0. The van der Waals surface area contributed by atoms with Crippen LogP contribution in [0.2, 0.25) is 5.02 Å². The molecule has 1 N–H and O–H groups in total. The third-order valence-electron chi connectivity index (χ3n) is 2.12. The van der Waals surface area contributed by atoms with Crippen LogP contribution in [0.4, 0.5) is 0 Å². The molecule has 0 spiro atoms. The monoisotopic (exact) mass is 253 g/mol. The molecule has 0 aliphatic rings. The van der Waals surface area contributed by atoms with E-state index < -0.39 is 5.97 Å². The van der Waals surface area contributed by atoms with Crippen LogP contribution in [0.15, 0.2) is 28.8 Å². The summed E-state index contributed by atoms with van der Waals surface area (Å²) in [6, 6.07) is 6.28. The van der Waals surface area contributed by atoms with Gasteiger partial charge in [0.25, 0.3) is 0 Å². The molecule has 0 aliphatic carbocycles. The smallest absolute Gasteiger partial charge is 0.358 e. The fraction of sp³-hybridized carbons (Fsp3) is 0.0909. The molecular formula is C11H8ClNO4. The SMILES string of the molecule is COc1cc(Cl)cc(-c2cc(C(=O)O)no2)c1. The van der Waals surface area contributed by atoms with Crippen LogP contribution in [0.1, 0.15) is 10.5 Å². The molecule has 2 aromatic rings. The third-order valence-corrected chi connectivity index (χ3v) is 2.34. The normalized spacial score (nSPS) is 10.2. The Kier molecular flexibility index (Phi) is 3.01. The number of benzene rings is 1. The first-order valence-corrected chi connectivity index (χ1v) is 5.03. The van der Waals surface area contributed by atoms with Crippen LogP contribution < -0.4 is 4.74 Å². The van der Waals surface area contributed by atoms with Gasteiger partial charge in [0, 0.05) is 16.7 Å². The molecule has 0 radical (unpaired) electrons. The molecule has 17 heavy (non-hydrogen) atoms. The summed E-state index contributed by atoms with van der Waals surface area (Å²) < 4.78 is 9.97. The molecule has 1 aromatic heterocycles. The highest BCUT2D eigenvalue weighted by molar-refractivity contribution is 6.31. The summed E-state index contributed by atoms with van der Waals surface area (Å²) in [6.07, 6.45) is 0. The minimum absolute atomic E-state index is 0.154. The van der Waals surface area contributed by atoms with E-state index in [4.69, 9.17) is 26.0 Å². The molecule has 0 amide bonds. The summed E-state index contributed by atoms with van der Waals surface area (Å²) in [5, 5.41) is 12.6.